The molecule has 13 heavy (non-hydrogen) atoms. The Morgan fingerprint density at radius 2 is 2.54 bits per heavy atom. The molecule has 0 saturated carbocycles. The molecule has 0 spiro atoms. The molecule has 1 aromatic rings. The summed E-state index contributed by atoms with van der Waals surface area (Å²) in [5, 5.41) is 3.37. The summed E-state index contributed by atoms with van der Waals surface area (Å²) in [7, 11) is 0. The van der Waals surface area contributed by atoms with E-state index in [-0.39, 0.29) is 6.04 Å². The van der Waals surface area contributed by atoms with E-state index in [0.717, 1.165) is 24.4 Å². The fourth-order valence-electron chi connectivity index (χ4n) is 1.51. The largest absolute Gasteiger partial charge is 0.378 e. The Labute approximate surface area is 77.4 Å². The number of aryl methyl sites for hydroxylation is 1. The Kier molecular flexibility index (Phi) is 2.52. The van der Waals surface area contributed by atoms with Gasteiger partial charge in [0.25, 0.3) is 0 Å². The predicted octanol–water partition coefficient (Wildman–Crippen LogP) is 0.446. The van der Waals surface area contributed by atoms with E-state index < -0.39 is 0 Å². The van der Waals surface area contributed by atoms with Crippen molar-refractivity contribution in [3.8, 4) is 0 Å². The second-order valence-corrected chi connectivity index (χ2v) is 3.15. The van der Waals surface area contributed by atoms with Crippen LogP contribution in [0.25, 0.3) is 0 Å². The van der Waals surface area contributed by atoms with Gasteiger partial charge in [-0.3, -0.25) is 0 Å². The van der Waals surface area contributed by atoms with E-state index in [1.54, 1.807) is 6.33 Å². The second kappa shape index (κ2) is 3.81. The molecular formula is C9H13N3O. The van der Waals surface area contributed by atoms with Gasteiger partial charge in [-0.05, 0) is 6.92 Å². The molecule has 1 aliphatic heterocycles. The van der Waals surface area contributed by atoms with Gasteiger partial charge in [0.15, 0.2) is 0 Å². The summed E-state index contributed by atoms with van der Waals surface area (Å²) in [6, 6.07) is 0.259. The Balaban J connectivity index is 2.18. The molecule has 1 aromatic heterocycles. The standard InChI is InChI=1S/C9H13N3O/c1-7-8(4-10-6-12-7)9-5-13-3-2-11-9/h4,6,9,11H,2-3,5H2,1H3. The lowest BCUT2D eigenvalue weighted by molar-refractivity contribution is 0.0764. The van der Waals surface area contributed by atoms with Crippen molar-refractivity contribution in [3.63, 3.8) is 0 Å². The Morgan fingerprint density at radius 3 is 3.23 bits per heavy atom. The molecule has 1 aliphatic rings. The molecule has 0 radical (unpaired) electrons. The van der Waals surface area contributed by atoms with Gasteiger partial charge in [-0.15, -0.1) is 0 Å². The van der Waals surface area contributed by atoms with Crippen LogP contribution in [0.4, 0.5) is 0 Å². The molecule has 0 aliphatic carbocycles. The molecule has 1 atom stereocenters. The van der Waals surface area contributed by atoms with Crippen molar-refractivity contribution in [2.75, 3.05) is 19.8 Å². The highest BCUT2D eigenvalue weighted by atomic mass is 16.5. The van der Waals surface area contributed by atoms with E-state index in [2.05, 4.69) is 15.3 Å². The monoisotopic (exact) mass is 179 g/mol. The molecule has 0 amide bonds. The number of morpholine rings is 1. The van der Waals surface area contributed by atoms with Crippen LogP contribution in [0.1, 0.15) is 17.3 Å². The van der Waals surface area contributed by atoms with Crippen molar-refractivity contribution in [3.05, 3.63) is 23.8 Å². The number of ether oxygens (including phenoxy) is 1. The molecule has 2 rings (SSSR count). The van der Waals surface area contributed by atoms with Crippen LogP contribution in [0.2, 0.25) is 0 Å². The highest BCUT2D eigenvalue weighted by Crippen LogP contribution is 2.16. The van der Waals surface area contributed by atoms with Crippen molar-refractivity contribution < 1.29 is 4.74 Å². The van der Waals surface area contributed by atoms with Gasteiger partial charge in [0, 0.05) is 24.0 Å². The third-order valence-electron chi connectivity index (χ3n) is 2.25. The van der Waals surface area contributed by atoms with Gasteiger partial charge in [0.1, 0.15) is 6.33 Å². The number of nitrogens with zero attached hydrogens (tertiary/aromatic N) is 2. The lowest BCUT2D eigenvalue weighted by atomic mass is 10.1. The van der Waals surface area contributed by atoms with Crippen LogP contribution < -0.4 is 5.32 Å². The van der Waals surface area contributed by atoms with Gasteiger partial charge in [0.05, 0.1) is 19.3 Å². The van der Waals surface area contributed by atoms with Crippen LogP contribution >= 0.6 is 0 Å². The maximum absolute atomic E-state index is 5.37. The number of hydrogen-bond donors (Lipinski definition) is 1. The summed E-state index contributed by atoms with van der Waals surface area (Å²) in [6.07, 6.45) is 3.43. The molecule has 1 saturated heterocycles. The number of nitrogens with one attached hydrogen (secondary N) is 1. The lowest BCUT2D eigenvalue weighted by Gasteiger charge is -2.24. The van der Waals surface area contributed by atoms with E-state index in [9.17, 15) is 0 Å². The summed E-state index contributed by atoms with van der Waals surface area (Å²) in [6.45, 7) is 4.41. The SMILES string of the molecule is Cc1ncncc1C1COCCN1. The molecule has 70 valence electrons. The maximum atomic E-state index is 5.37. The van der Waals surface area contributed by atoms with Crippen molar-refractivity contribution in [2.24, 2.45) is 0 Å². The van der Waals surface area contributed by atoms with Gasteiger partial charge in [-0.2, -0.15) is 0 Å². The number of aromatic nitrogens is 2. The maximum Gasteiger partial charge on any atom is 0.115 e. The molecule has 1 fully saturated rings. The van der Waals surface area contributed by atoms with Crippen LogP contribution in [0.15, 0.2) is 12.5 Å². The molecule has 1 unspecified atom stereocenters. The zero-order valence-corrected chi connectivity index (χ0v) is 7.66. The van der Waals surface area contributed by atoms with Gasteiger partial charge in [-0.25, -0.2) is 9.97 Å². The van der Waals surface area contributed by atoms with Gasteiger partial charge in [0.2, 0.25) is 0 Å². The Bertz CT molecular complexity index is 284. The normalized spacial score (nSPS) is 23.0. The Morgan fingerprint density at radius 1 is 1.62 bits per heavy atom. The fraction of sp³-hybridized carbons (Fsp3) is 0.556. The third kappa shape index (κ3) is 1.84. The number of rotatable bonds is 1. The molecule has 0 aromatic carbocycles. The molecule has 4 heteroatoms. The fourth-order valence-corrected chi connectivity index (χ4v) is 1.51. The van der Waals surface area contributed by atoms with E-state index in [1.165, 1.54) is 0 Å². The molecule has 4 nitrogen and oxygen atoms in total. The van der Waals surface area contributed by atoms with E-state index >= 15 is 0 Å². The minimum absolute atomic E-state index is 0.259. The first-order valence-corrected chi connectivity index (χ1v) is 4.45. The van der Waals surface area contributed by atoms with Crippen molar-refractivity contribution >= 4 is 0 Å². The molecule has 0 bridgehead atoms. The number of hydrogen-bond acceptors (Lipinski definition) is 4. The van der Waals surface area contributed by atoms with Crippen molar-refractivity contribution in [1.82, 2.24) is 15.3 Å². The third-order valence-corrected chi connectivity index (χ3v) is 2.25. The second-order valence-electron chi connectivity index (χ2n) is 3.15. The van der Waals surface area contributed by atoms with Crippen LogP contribution in [-0.4, -0.2) is 29.7 Å². The van der Waals surface area contributed by atoms with Crippen LogP contribution in [0.3, 0.4) is 0 Å². The summed E-state index contributed by atoms with van der Waals surface area (Å²) in [5.41, 5.74) is 2.17. The first kappa shape index (κ1) is 8.59. The first-order valence-electron chi connectivity index (χ1n) is 4.45. The van der Waals surface area contributed by atoms with Crippen molar-refractivity contribution in [2.45, 2.75) is 13.0 Å². The average Bonchev–Trinajstić information content (AvgIpc) is 2.20. The van der Waals surface area contributed by atoms with Crippen LogP contribution in [0.5, 0.6) is 0 Å². The quantitative estimate of drug-likeness (QED) is 0.679. The topological polar surface area (TPSA) is 47.0 Å². The van der Waals surface area contributed by atoms with Crippen LogP contribution in [0, 0.1) is 6.92 Å². The molecule has 2 heterocycles. The summed E-state index contributed by atoms with van der Waals surface area (Å²) < 4.78 is 5.37. The van der Waals surface area contributed by atoms with Gasteiger partial charge in [-0.1, -0.05) is 0 Å². The highest BCUT2D eigenvalue weighted by Gasteiger charge is 2.17. The van der Waals surface area contributed by atoms with E-state index in [0.29, 0.717) is 6.61 Å². The van der Waals surface area contributed by atoms with E-state index in [4.69, 9.17) is 4.74 Å². The van der Waals surface area contributed by atoms with Gasteiger partial charge >= 0.3 is 0 Å². The average molecular weight is 179 g/mol. The summed E-state index contributed by atoms with van der Waals surface area (Å²) in [5.74, 6) is 0. The predicted molar refractivity (Wildman–Crippen MR) is 48.3 cm³/mol. The zero-order chi connectivity index (χ0) is 9.10. The summed E-state index contributed by atoms with van der Waals surface area (Å²) >= 11 is 0. The minimum atomic E-state index is 0.259. The highest BCUT2D eigenvalue weighted by molar-refractivity contribution is 5.19. The van der Waals surface area contributed by atoms with E-state index in [1.807, 2.05) is 13.1 Å². The lowest BCUT2D eigenvalue weighted by Crippen LogP contribution is -2.35. The molecular weight excluding hydrogens is 166 g/mol. The first-order chi connectivity index (χ1) is 6.38. The van der Waals surface area contributed by atoms with Crippen LogP contribution in [-0.2, 0) is 4.74 Å². The minimum Gasteiger partial charge on any atom is -0.378 e. The summed E-state index contributed by atoms with van der Waals surface area (Å²) in [4.78, 5) is 8.16. The Hall–Kier alpha value is -1.00. The smallest absolute Gasteiger partial charge is 0.115 e. The molecule has 1 N–H and O–H groups in total. The zero-order valence-electron chi connectivity index (χ0n) is 7.66. The van der Waals surface area contributed by atoms with Gasteiger partial charge < -0.3 is 10.1 Å². The van der Waals surface area contributed by atoms with Crippen molar-refractivity contribution in [1.29, 1.82) is 0 Å².